The predicted molar refractivity (Wildman–Crippen MR) is 63.5 cm³/mol. The number of unbranched alkanes of at least 4 members (excludes halogenated alkanes) is 1. The van der Waals surface area contributed by atoms with Crippen LogP contribution in [0, 0.1) is 5.41 Å². The molecule has 0 amide bonds. The van der Waals surface area contributed by atoms with Gasteiger partial charge in [-0.1, -0.05) is 32.9 Å². The summed E-state index contributed by atoms with van der Waals surface area (Å²) in [5.74, 6) is 0. The van der Waals surface area contributed by atoms with E-state index >= 15 is 0 Å². The zero-order valence-corrected chi connectivity index (χ0v) is 10.7. The lowest BCUT2D eigenvalue weighted by atomic mass is 9.96. The maximum Gasteiger partial charge on any atom is 0.0598 e. The molecule has 14 heavy (non-hydrogen) atoms. The van der Waals surface area contributed by atoms with Crippen LogP contribution in [0.2, 0.25) is 0 Å². The number of allylic oxidation sites excluding steroid dienone is 2. The molecule has 0 aromatic carbocycles. The molecule has 0 aromatic rings. The first kappa shape index (κ1) is 13.7. The van der Waals surface area contributed by atoms with Crippen LogP contribution in [0.1, 0.15) is 54.4 Å². The molecule has 0 saturated heterocycles. The van der Waals surface area contributed by atoms with E-state index in [1.807, 2.05) is 0 Å². The highest BCUT2D eigenvalue weighted by Crippen LogP contribution is 2.15. The van der Waals surface area contributed by atoms with E-state index in [9.17, 15) is 0 Å². The summed E-state index contributed by atoms with van der Waals surface area (Å²) in [6.07, 6.45) is 6.76. The Morgan fingerprint density at radius 2 is 1.57 bits per heavy atom. The van der Waals surface area contributed by atoms with Crippen molar-refractivity contribution < 1.29 is 4.74 Å². The van der Waals surface area contributed by atoms with Crippen LogP contribution in [0.3, 0.4) is 0 Å². The maximum atomic E-state index is 5.63. The van der Waals surface area contributed by atoms with Gasteiger partial charge < -0.3 is 4.74 Å². The Morgan fingerprint density at radius 1 is 1.00 bits per heavy atom. The fourth-order valence-electron chi connectivity index (χ4n) is 1.02. The Morgan fingerprint density at radius 3 is 2.00 bits per heavy atom. The van der Waals surface area contributed by atoms with Gasteiger partial charge in [-0.25, -0.2) is 0 Å². The van der Waals surface area contributed by atoms with Crippen molar-refractivity contribution in [2.45, 2.75) is 60.0 Å². The zero-order chi connectivity index (χ0) is 11.2. The number of rotatable bonds is 4. The predicted octanol–water partition coefficient (Wildman–Crippen LogP) is 4.18. The Bertz CT molecular complexity index is 167. The minimum atomic E-state index is 0.00768. The minimum Gasteiger partial charge on any atom is -0.376 e. The molecule has 0 saturated carbocycles. The van der Waals surface area contributed by atoms with Crippen LogP contribution in [0.25, 0.3) is 0 Å². The van der Waals surface area contributed by atoms with Crippen molar-refractivity contribution in [1.29, 1.82) is 0 Å². The van der Waals surface area contributed by atoms with Crippen LogP contribution in [0.5, 0.6) is 0 Å². The van der Waals surface area contributed by atoms with Gasteiger partial charge in [-0.3, -0.25) is 0 Å². The van der Waals surface area contributed by atoms with Crippen molar-refractivity contribution in [1.82, 2.24) is 0 Å². The minimum absolute atomic E-state index is 0.00768. The average Bonchev–Trinajstić information content (AvgIpc) is 1.92. The molecule has 0 radical (unpaired) electrons. The molecular formula is C13H26O. The third-order valence-electron chi connectivity index (χ3n) is 1.67. The lowest BCUT2D eigenvalue weighted by Crippen LogP contribution is -2.19. The smallest absolute Gasteiger partial charge is 0.0598 e. The summed E-state index contributed by atoms with van der Waals surface area (Å²) in [6, 6.07) is 0. The second-order valence-electron chi connectivity index (χ2n) is 5.87. The van der Waals surface area contributed by atoms with Crippen molar-refractivity contribution in [3.63, 3.8) is 0 Å². The molecule has 0 aliphatic heterocycles. The maximum absolute atomic E-state index is 5.63. The first-order valence-corrected chi connectivity index (χ1v) is 5.52. The van der Waals surface area contributed by atoms with Gasteiger partial charge in [0.05, 0.1) is 5.60 Å². The highest BCUT2D eigenvalue weighted by molar-refractivity contribution is 4.91. The average molecular weight is 198 g/mol. The second-order valence-corrected chi connectivity index (χ2v) is 5.87. The van der Waals surface area contributed by atoms with Crippen molar-refractivity contribution in [2.75, 3.05) is 6.61 Å². The van der Waals surface area contributed by atoms with Crippen molar-refractivity contribution in [3.05, 3.63) is 12.2 Å². The standard InChI is InChI=1S/C13H26O/c1-12(2,3)10-8-7-9-11-14-13(4,5)6/h8,10H,7,9,11H2,1-6H3/b10-8+. The van der Waals surface area contributed by atoms with Gasteiger partial charge in [0.2, 0.25) is 0 Å². The van der Waals surface area contributed by atoms with Gasteiger partial charge in [0.25, 0.3) is 0 Å². The van der Waals surface area contributed by atoms with Crippen LogP contribution in [0.4, 0.5) is 0 Å². The Balaban J connectivity index is 3.44. The first-order valence-electron chi connectivity index (χ1n) is 5.52. The summed E-state index contributed by atoms with van der Waals surface area (Å²) in [7, 11) is 0. The molecule has 0 aromatic heterocycles. The molecule has 0 fully saturated rings. The molecule has 0 bridgehead atoms. The molecule has 84 valence electrons. The molecule has 1 nitrogen and oxygen atoms in total. The van der Waals surface area contributed by atoms with Crippen LogP contribution in [-0.4, -0.2) is 12.2 Å². The monoisotopic (exact) mass is 198 g/mol. The van der Waals surface area contributed by atoms with Gasteiger partial charge in [0.15, 0.2) is 0 Å². The fourth-order valence-corrected chi connectivity index (χ4v) is 1.02. The number of ether oxygens (including phenoxy) is 1. The largest absolute Gasteiger partial charge is 0.376 e. The summed E-state index contributed by atoms with van der Waals surface area (Å²) in [5.41, 5.74) is 0.318. The quantitative estimate of drug-likeness (QED) is 0.486. The van der Waals surface area contributed by atoms with Gasteiger partial charge in [0, 0.05) is 6.61 Å². The summed E-state index contributed by atoms with van der Waals surface area (Å²) >= 11 is 0. The molecule has 0 N–H and O–H groups in total. The molecule has 0 spiro atoms. The fraction of sp³-hybridized carbons (Fsp3) is 0.846. The normalized spacial score (nSPS) is 13.9. The molecule has 0 atom stereocenters. The van der Waals surface area contributed by atoms with E-state index < -0.39 is 0 Å². The highest BCUT2D eigenvalue weighted by atomic mass is 16.5. The van der Waals surface area contributed by atoms with Crippen LogP contribution < -0.4 is 0 Å². The van der Waals surface area contributed by atoms with Crippen LogP contribution in [0.15, 0.2) is 12.2 Å². The lowest BCUT2D eigenvalue weighted by Gasteiger charge is -2.19. The van der Waals surface area contributed by atoms with E-state index in [2.05, 4.69) is 53.7 Å². The Hall–Kier alpha value is -0.300. The third-order valence-corrected chi connectivity index (χ3v) is 1.67. The van der Waals surface area contributed by atoms with Gasteiger partial charge in [-0.2, -0.15) is 0 Å². The molecular weight excluding hydrogens is 172 g/mol. The number of hydrogen-bond acceptors (Lipinski definition) is 1. The summed E-state index contributed by atoms with van der Waals surface area (Å²) in [5, 5.41) is 0. The van der Waals surface area contributed by atoms with E-state index in [1.54, 1.807) is 0 Å². The van der Waals surface area contributed by atoms with Gasteiger partial charge in [0.1, 0.15) is 0 Å². The highest BCUT2D eigenvalue weighted by Gasteiger charge is 2.08. The SMILES string of the molecule is CC(C)(C)/C=C/CCCOC(C)(C)C. The topological polar surface area (TPSA) is 9.23 Å². The van der Waals surface area contributed by atoms with E-state index in [0.29, 0.717) is 5.41 Å². The molecule has 0 heterocycles. The van der Waals surface area contributed by atoms with Gasteiger partial charge in [-0.05, 0) is 39.0 Å². The zero-order valence-electron chi connectivity index (χ0n) is 10.7. The molecule has 1 heteroatoms. The van der Waals surface area contributed by atoms with E-state index in [1.165, 1.54) is 0 Å². The van der Waals surface area contributed by atoms with E-state index in [-0.39, 0.29) is 5.60 Å². The molecule has 0 unspecified atom stereocenters. The third kappa shape index (κ3) is 11.7. The second kappa shape index (κ2) is 5.55. The van der Waals surface area contributed by atoms with Crippen molar-refractivity contribution in [3.8, 4) is 0 Å². The van der Waals surface area contributed by atoms with Gasteiger partial charge >= 0.3 is 0 Å². The lowest BCUT2D eigenvalue weighted by molar-refractivity contribution is -0.00364. The van der Waals surface area contributed by atoms with E-state index in [0.717, 1.165) is 19.4 Å². The molecule has 0 rings (SSSR count). The summed E-state index contributed by atoms with van der Waals surface area (Å²) < 4.78 is 5.63. The number of hydrogen-bond donors (Lipinski definition) is 0. The van der Waals surface area contributed by atoms with E-state index in [4.69, 9.17) is 4.74 Å². The summed E-state index contributed by atoms with van der Waals surface area (Å²) in [6.45, 7) is 13.8. The van der Waals surface area contributed by atoms with Crippen molar-refractivity contribution >= 4 is 0 Å². The molecule has 0 aliphatic carbocycles. The summed E-state index contributed by atoms with van der Waals surface area (Å²) in [4.78, 5) is 0. The first-order chi connectivity index (χ1) is 6.21. The van der Waals surface area contributed by atoms with Crippen molar-refractivity contribution in [2.24, 2.45) is 5.41 Å². The Kier molecular flexibility index (Phi) is 5.43. The van der Waals surface area contributed by atoms with Crippen LogP contribution >= 0.6 is 0 Å². The van der Waals surface area contributed by atoms with Crippen LogP contribution in [-0.2, 0) is 4.74 Å². The Labute approximate surface area is 89.5 Å². The molecule has 0 aliphatic rings. The van der Waals surface area contributed by atoms with Gasteiger partial charge in [-0.15, -0.1) is 0 Å².